The number of aliphatic hydroxyl groups is 1. The van der Waals surface area contributed by atoms with Crippen molar-refractivity contribution in [2.45, 2.75) is 38.2 Å². The number of carbonyl (C=O) groups is 1. The highest BCUT2D eigenvalue weighted by atomic mass is 16.5. The van der Waals surface area contributed by atoms with Crippen molar-refractivity contribution in [1.82, 2.24) is 15.0 Å². The lowest BCUT2D eigenvalue weighted by Gasteiger charge is -2.19. The second-order valence-electron chi connectivity index (χ2n) is 5.55. The van der Waals surface area contributed by atoms with Gasteiger partial charge >= 0.3 is 0 Å². The molecule has 0 aromatic carbocycles. The second-order valence-corrected chi connectivity index (χ2v) is 5.55. The molecule has 118 valence electrons. The van der Waals surface area contributed by atoms with E-state index in [1.165, 1.54) is 0 Å². The molecule has 22 heavy (non-hydrogen) atoms. The normalized spacial score (nSPS) is 21.5. The molecular weight excluding hydrogens is 286 g/mol. The number of furan rings is 1. The van der Waals surface area contributed by atoms with Crippen LogP contribution in [0.15, 0.2) is 27.3 Å². The van der Waals surface area contributed by atoms with Gasteiger partial charge < -0.3 is 18.9 Å². The molecule has 1 N–H and O–H groups in total. The van der Waals surface area contributed by atoms with E-state index >= 15 is 0 Å². The third-order valence-electron chi connectivity index (χ3n) is 3.95. The van der Waals surface area contributed by atoms with E-state index in [9.17, 15) is 9.90 Å². The van der Waals surface area contributed by atoms with Gasteiger partial charge in [0.1, 0.15) is 5.76 Å². The Balaban J connectivity index is 1.59. The first-order valence-corrected chi connectivity index (χ1v) is 7.46. The number of rotatable bonds is 5. The molecule has 0 saturated carbocycles. The van der Waals surface area contributed by atoms with E-state index in [0.29, 0.717) is 38.1 Å². The molecule has 7 heteroatoms. The molecule has 2 aromatic rings. The van der Waals surface area contributed by atoms with E-state index in [-0.39, 0.29) is 18.3 Å². The zero-order valence-electron chi connectivity index (χ0n) is 12.5. The summed E-state index contributed by atoms with van der Waals surface area (Å²) in [5.74, 6) is 1.53. The molecule has 1 amide bonds. The molecule has 1 aliphatic rings. The lowest BCUT2D eigenvalue weighted by molar-refractivity contribution is -0.131. The molecule has 1 atom stereocenters. The Morgan fingerprint density at radius 3 is 3.09 bits per heavy atom. The Hall–Kier alpha value is -2.15. The molecule has 3 heterocycles. The Morgan fingerprint density at radius 2 is 2.41 bits per heavy atom. The van der Waals surface area contributed by atoms with Crippen molar-refractivity contribution < 1.29 is 18.8 Å². The van der Waals surface area contributed by atoms with Gasteiger partial charge in [-0.2, -0.15) is 4.98 Å². The fourth-order valence-electron chi connectivity index (χ4n) is 2.61. The lowest BCUT2D eigenvalue weighted by atomic mass is 10.0. The molecule has 2 aromatic heterocycles. The SMILES string of the molecule is CCc1noc(C2(O)CCN(C(=O)CCc3ccco3)C2)n1. The van der Waals surface area contributed by atoms with Crippen LogP contribution in [0.1, 0.15) is 37.2 Å². The minimum atomic E-state index is -1.24. The number of aryl methyl sites for hydroxylation is 2. The van der Waals surface area contributed by atoms with Crippen LogP contribution in [-0.2, 0) is 23.2 Å². The average molecular weight is 305 g/mol. The minimum absolute atomic E-state index is 0.0115. The fraction of sp³-hybridized carbons (Fsp3) is 0.533. The molecular formula is C15H19N3O4. The smallest absolute Gasteiger partial charge is 0.260 e. The number of carbonyl (C=O) groups excluding carboxylic acids is 1. The van der Waals surface area contributed by atoms with E-state index in [0.717, 1.165) is 5.76 Å². The Kier molecular flexibility index (Phi) is 3.98. The van der Waals surface area contributed by atoms with Crippen molar-refractivity contribution >= 4 is 5.91 Å². The lowest BCUT2D eigenvalue weighted by Crippen LogP contribution is -2.34. The zero-order valence-corrected chi connectivity index (χ0v) is 12.5. The third kappa shape index (κ3) is 2.89. The molecule has 0 spiro atoms. The number of amides is 1. The van der Waals surface area contributed by atoms with Gasteiger partial charge in [0, 0.05) is 32.2 Å². The van der Waals surface area contributed by atoms with E-state index in [1.807, 2.05) is 13.0 Å². The van der Waals surface area contributed by atoms with Crippen molar-refractivity contribution in [3.63, 3.8) is 0 Å². The monoisotopic (exact) mass is 305 g/mol. The zero-order chi connectivity index (χ0) is 15.6. The van der Waals surface area contributed by atoms with Gasteiger partial charge in [0.2, 0.25) is 5.91 Å². The topological polar surface area (TPSA) is 92.6 Å². The first-order chi connectivity index (χ1) is 10.6. The second kappa shape index (κ2) is 5.92. The number of hydrogen-bond donors (Lipinski definition) is 1. The van der Waals surface area contributed by atoms with Gasteiger partial charge in [-0.15, -0.1) is 0 Å². The van der Waals surface area contributed by atoms with Crippen LogP contribution in [0, 0.1) is 0 Å². The maximum absolute atomic E-state index is 12.2. The summed E-state index contributed by atoms with van der Waals surface area (Å²) in [6, 6.07) is 3.65. The van der Waals surface area contributed by atoms with E-state index in [2.05, 4.69) is 10.1 Å². The highest BCUT2D eigenvalue weighted by Gasteiger charge is 2.43. The minimum Gasteiger partial charge on any atom is -0.469 e. The van der Waals surface area contributed by atoms with Gasteiger partial charge in [0.05, 0.1) is 12.8 Å². The number of hydrogen-bond acceptors (Lipinski definition) is 6. The Bertz CT molecular complexity index is 637. The summed E-state index contributed by atoms with van der Waals surface area (Å²) >= 11 is 0. The van der Waals surface area contributed by atoms with E-state index in [1.54, 1.807) is 17.2 Å². The summed E-state index contributed by atoms with van der Waals surface area (Å²) in [6.07, 6.45) is 3.56. The quantitative estimate of drug-likeness (QED) is 0.894. The molecule has 3 rings (SSSR count). The first-order valence-electron chi connectivity index (χ1n) is 7.46. The molecule has 1 unspecified atom stereocenters. The number of aromatic nitrogens is 2. The molecule has 0 radical (unpaired) electrons. The maximum atomic E-state index is 12.2. The molecule has 1 aliphatic heterocycles. The van der Waals surface area contributed by atoms with Gasteiger partial charge in [-0.1, -0.05) is 12.1 Å². The average Bonchev–Trinajstić information content (AvgIpc) is 3.25. The van der Waals surface area contributed by atoms with E-state index in [4.69, 9.17) is 8.94 Å². The summed E-state index contributed by atoms with van der Waals surface area (Å²) in [5, 5.41) is 14.4. The van der Waals surface area contributed by atoms with Crippen LogP contribution in [0.25, 0.3) is 0 Å². The summed E-state index contributed by atoms with van der Waals surface area (Å²) < 4.78 is 10.3. The van der Waals surface area contributed by atoms with Crippen LogP contribution in [0.5, 0.6) is 0 Å². The molecule has 7 nitrogen and oxygen atoms in total. The van der Waals surface area contributed by atoms with Gasteiger partial charge in [-0.05, 0) is 12.1 Å². The van der Waals surface area contributed by atoms with Crippen LogP contribution in [0.3, 0.4) is 0 Å². The molecule has 1 fully saturated rings. The number of β-amino-alcohol motifs (C(OH)–C–C–N with tert-alkyl or cyclic N) is 1. The fourth-order valence-corrected chi connectivity index (χ4v) is 2.61. The van der Waals surface area contributed by atoms with Crippen LogP contribution in [0.2, 0.25) is 0 Å². The van der Waals surface area contributed by atoms with Gasteiger partial charge in [-0.25, -0.2) is 0 Å². The first kappa shape index (κ1) is 14.8. The van der Waals surface area contributed by atoms with Crippen LogP contribution in [-0.4, -0.2) is 39.1 Å². The van der Waals surface area contributed by atoms with Crippen molar-refractivity contribution in [2.75, 3.05) is 13.1 Å². The van der Waals surface area contributed by atoms with Crippen molar-refractivity contribution in [3.05, 3.63) is 35.9 Å². The number of likely N-dealkylation sites (tertiary alicyclic amines) is 1. The predicted molar refractivity (Wildman–Crippen MR) is 75.8 cm³/mol. The van der Waals surface area contributed by atoms with Crippen LogP contribution >= 0.6 is 0 Å². The summed E-state index contributed by atoms with van der Waals surface area (Å²) in [4.78, 5) is 18.0. The molecule has 0 aliphatic carbocycles. The van der Waals surface area contributed by atoms with Gasteiger partial charge in [0.25, 0.3) is 5.89 Å². The van der Waals surface area contributed by atoms with E-state index < -0.39 is 5.60 Å². The summed E-state index contributed by atoms with van der Waals surface area (Å²) in [5.41, 5.74) is -1.24. The van der Waals surface area contributed by atoms with Gasteiger partial charge in [-0.3, -0.25) is 4.79 Å². The highest BCUT2D eigenvalue weighted by molar-refractivity contribution is 5.76. The largest absolute Gasteiger partial charge is 0.469 e. The standard InChI is InChI=1S/C15H19N3O4/c1-2-12-16-14(22-17-12)15(20)7-8-18(10-15)13(19)6-5-11-4-3-9-21-11/h3-4,9,20H,2,5-8,10H2,1H3. The van der Waals surface area contributed by atoms with Gasteiger partial charge in [0.15, 0.2) is 11.4 Å². The molecule has 0 bridgehead atoms. The Labute approximate surface area is 127 Å². The molecule has 1 saturated heterocycles. The highest BCUT2D eigenvalue weighted by Crippen LogP contribution is 2.31. The maximum Gasteiger partial charge on any atom is 0.260 e. The van der Waals surface area contributed by atoms with Crippen molar-refractivity contribution in [2.24, 2.45) is 0 Å². The predicted octanol–water partition coefficient (Wildman–Crippen LogP) is 1.28. The summed E-state index contributed by atoms with van der Waals surface area (Å²) in [7, 11) is 0. The third-order valence-corrected chi connectivity index (χ3v) is 3.95. The number of nitrogens with zero attached hydrogens (tertiary/aromatic N) is 3. The van der Waals surface area contributed by atoms with Crippen LogP contribution in [0.4, 0.5) is 0 Å². The van der Waals surface area contributed by atoms with Crippen LogP contribution < -0.4 is 0 Å². The van der Waals surface area contributed by atoms with Crippen molar-refractivity contribution in [1.29, 1.82) is 0 Å². The van der Waals surface area contributed by atoms with Crippen molar-refractivity contribution in [3.8, 4) is 0 Å². The summed E-state index contributed by atoms with van der Waals surface area (Å²) in [6.45, 7) is 2.59. The Morgan fingerprint density at radius 1 is 1.55 bits per heavy atom.